The highest BCUT2D eigenvalue weighted by atomic mass is 16.2. The van der Waals surface area contributed by atoms with Crippen LogP contribution in [0.25, 0.3) is 0 Å². The van der Waals surface area contributed by atoms with E-state index in [1.54, 1.807) is 4.90 Å². The molecule has 1 heterocycles. The Bertz CT molecular complexity index is 511. The Morgan fingerprint density at radius 1 is 1.29 bits per heavy atom. The molecule has 0 radical (unpaired) electrons. The average molecular weight is 288 g/mol. The minimum atomic E-state index is -0.119. The molecule has 2 rings (SSSR count). The Morgan fingerprint density at radius 2 is 2.10 bits per heavy atom. The SMILES string of the molecule is CC(C)c1cccc(NC(=O)CN2CCCCCC2=O)c1. The van der Waals surface area contributed by atoms with Gasteiger partial charge in [-0.15, -0.1) is 0 Å². The summed E-state index contributed by atoms with van der Waals surface area (Å²) >= 11 is 0. The van der Waals surface area contributed by atoms with Gasteiger partial charge in [-0.1, -0.05) is 32.4 Å². The molecule has 4 nitrogen and oxygen atoms in total. The molecule has 1 aliphatic heterocycles. The van der Waals surface area contributed by atoms with Crippen LogP contribution in [-0.4, -0.2) is 29.8 Å². The van der Waals surface area contributed by atoms with Gasteiger partial charge in [0.1, 0.15) is 0 Å². The minimum Gasteiger partial charge on any atom is -0.333 e. The van der Waals surface area contributed by atoms with Crippen LogP contribution in [0.4, 0.5) is 5.69 Å². The van der Waals surface area contributed by atoms with Crippen molar-refractivity contribution in [1.29, 1.82) is 0 Å². The highest BCUT2D eigenvalue weighted by Crippen LogP contribution is 2.18. The van der Waals surface area contributed by atoms with E-state index >= 15 is 0 Å². The van der Waals surface area contributed by atoms with E-state index in [0.29, 0.717) is 18.9 Å². The summed E-state index contributed by atoms with van der Waals surface area (Å²) in [5, 5.41) is 2.89. The van der Waals surface area contributed by atoms with Crippen LogP contribution in [0.15, 0.2) is 24.3 Å². The number of nitrogens with zero attached hydrogens (tertiary/aromatic N) is 1. The van der Waals surface area contributed by atoms with E-state index < -0.39 is 0 Å². The third-order valence-electron chi connectivity index (χ3n) is 3.84. The molecule has 1 aromatic carbocycles. The Kier molecular flexibility index (Phi) is 5.37. The maximum atomic E-state index is 12.1. The van der Waals surface area contributed by atoms with Crippen molar-refractivity contribution >= 4 is 17.5 Å². The second-order valence-corrected chi connectivity index (χ2v) is 5.95. The summed E-state index contributed by atoms with van der Waals surface area (Å²) in [7, 11) is 0. The predicted molar refractivity (Wildman–Crippen MR) is 84.2 cm³/mol. The Hall–Kier alpha value is -1.84. The van der Waals surface area contributed by atoms with Gasteiger partial charge in [-0.2, -0.15) is 0 Å². The lowest BCUT2D eigenvalue weighted by Gasteiger charge is -2.20. The highest BCUT2D eigenvalue weighted by molar-refractivity contribution is 5.94. The zero-order valence-corrected chi connectivity index (χ0v) is 12.9. The lowest BCUT2D eigenvalue weighted by atomic mass is 10.0. The maximum absolute atomic E-state index is 12.1. The quantitative estimate of drug-likeness (QED) is 0.925. The summed E-state index contributed by atoms with van der Waals surface area (Å²) in [4.78, 5) is 25.7. The molecule has 1 N–H and O–H groups in total. The maximum Gasteiger partial charge on any atom is 0.243 e. The predicted octanol–water partition coefficient (Wildman–Crippen LogP) is 3.15. The van der Waals surface area contributed by atoms with Crippen LogP contribution in [0.3, 0.4) is 0 Å². The number of hydrogen-bond acceptors (Lipinski definition) is 2. The Balaban J connectivity index is 1.94. The van der Waals surface area contributed by atoms with Gasteiger partial charge in [-0.3, -0.25) is 9.59 Å². The number of anilines is 1. The lowest BCUT2D eigenvalue weighted by molar-refractivity contribution is -0.134. The summed E-state index contributed by atoms with van der Waals surface area (Å²) in [5.74, 6) is 0.402. The number of benzene rings is 1. The Labute approximate surface area is 126 Å². The minimum absolute atomic E-state index is 0.0959. The van der Waals surface area contributed by atoms with Crippen LogP contribution in [0.1, 0.15) is 51.0 Å². The second-order valence-electron chi connectivity index (χ2n) is 5.95. The van der Waals surface area contributed by atoms with Crippen molar-refractivity contribution in [2.45, 2.75) is 45.4 Å². The van der Waals surface area contributed by atoms with Crippen LogP contribution < -0.4 is 5.32 Å². The van der Waals surface area contributed by atoms with Crippen LogP contribution in [-0.2, 0) is 9.59 Å². The molecule has 2 amide bonds. The standard InChI is InChI=1S/C17H24N2O2/c1-13(2)14-7-6-8-15(11-14)18-16(20)12-19-10-5-3-4-9-17(19)21/h6-8,11,13H,3-5,9-10,12H2,1-2H3,(H,18,20). The third kappa shape index (κ3) is 4.59. The molecule has 0 atom stereocenters. The normalized spacial score (nSPS) is 16.0. The van der Waals surface area contributed by atoms with Crippen LogP contribution >= 0.6 is 0 Å². The van der Waals surface area contributed by atoms with Crippen molar-refractivity contribution < 1.29 is 9.59 Å². The van der Waals surface area contributed by atoms with Gasteiger partial charge in [-0.05, 0) is 36.5 Å². The van der Waals surface area contributed by atoms with Crippen LogP contribution in [0, 0.1) is 0 Å². The molecule has 0 bridgehead atoms. The third-order valence-corrected chi connectivity index (χ3v) is 3.84. The fourth-order valence-electron chi connectivity index (χ4n) is 2.56. The van der Waals surface area contributed by atoms with E-state index in [4.69, 9.17) is 0 Å². The summed E-state index contributed by atoms with van der Waals surface area (Å²) in [6, 6.07) is 7.88. The van der Waals surface area contributed by atoms with Gasteiger partial charge < -0.3 is 10.2 Å². The molecule has 0 unspecified atom stereocenters. The first-order valence-corrected chi connectivity index (χ1v) is 7.74. The van der Waals surface area contributed by atoms with E-state index in [9.17, 15) is 9.59 Å². The van der Waals surface area contributed by atoms with Gasteiger partial charge in [-0.25, -0.2) is 0 Å². The van der Waals surface area contributed by atoms with Crippen molar-refractivity contribution in [2.75, 3.05) is 18.4 Å². The average Bonchev–Trinajstić information content (AvgIpc) is 2.64. The molecular formula is C17H24N2O2. The summed E-state index contributed by atoms with van der Waals surface area (Å²) in [6.07, 6.45) is 3.56. The number of carbonyl (C=O) groups excluding carboxylic acids is 2. The first-order valence-electron chi connectivity index (χ1n) is 7.74. The first kappa shape index (κ1) is 15.5. The topological polar surface area (TPSA) is 49.4 Å². The fraction of sp³-hybridized carbons (Fsp3) is 0.529. The molecule has 0 saturated carbocycles. The van der Waals surface area contributed by atoms with E-state index in [1.165, 1.54) is 5.56 Å². The molecular weight excluding hydrogens is 264 g/mol. The molecule has 1 aliphatic rings. The zero-order chi connectivity index (χ0) is 15.2. The molecule has 0 aliphatic carbocycles. The number of hydrogen-bond donors (Lipinski definition) is 1. The number of nitrogens with one attached hydrogen (secondary N) is 1. The number of carbonyl (C=O) groups is 2. The summed E-state index contributed by atoms with van der Waals surface area (Å²) in [6.45, 7) is 5.09. The van der Waals surface area contributed by atoms with Gasteiger partial charge in [0.2, 0.25) is 11.8 Å². The molecule has 1 fully saturated rings. The molecule has 0 spiro atoms. The van der Waals surface area contributed by atoms with Gasteiger partial charge >= 0.3 is 0 Å². The van der Waals surface area contributed by atoms with Crippen LogP contribution in [0.5, 0.6) is 0 Å². The van der Waals surface area contributed by atoms with Gasteiger partial charge in [0.05, 0.1) is 6.54 Å². The number of rotatable bonds is 4. The van der Waals surface area contributed by atoms with Crippen molar-refractivity contribution in [3.8, 4) is 0 Å². The molecule has 0 aromatic heterocycles. The first-order chi connectivity index (χ1) is 10.1. The van der Waals surface area contributed by atoms with E-state index in [1.807, 2.05) is 18.2 Å². The second kappa shape index (κ2) is 7.25. The highest BCUT2D eigenvalue weighted by Gasteiger charge is 2.19. The molecule has 1 aromatic rings. The van der Waals surface area contributed by atoms with Crippen LogP contribution in [0.2, 0.25) is 0 Å². The molecule has 114 valence electrons. The molecule has 21 heavy (non-hydrogen) atoms. The Morgan fingerprint density at radius 3 is 2.86 bits per heavy atom. The summed E-state index contributed by atoms with van der Waals surface area (Å²) in [5.41, 5.74) is 1.99. The van der Waals surface area contributed by atoms with Crippen molar-refractivity contribution in [3.63, 3.8) is 0 Å². The smallest absolute Gasteiger partial charge is 0.243 e. The number of amides is 2. The molecule has 4 heteroatoms. The monoisotopic (exact) mass is 288 g/mol. The van der Waals surface area contributed by atoms with Crippen molar-refractivity contribution in [2.24, 2.45) is 0 Å². The van der Waals surface area contributed by atoms with Gasteiger partial charge in [0.15, 0.2) is 0 Å². The zero-order valence-electron chi connectivity index (χ0n) is 12.9. The fourth-order valence-corrected chi connectivity index (χ4v) is 2.56. The van der Waals surface area contributed by atoms with Crippen molar-refractivity contribution in [3.05, 3.63) is 29.8 Å². The lowest BCUT2D eigenvalue weighted by Crippen LogP contribution is -2.37. The molecule has 1 saturated heterocycles. The van der Waals surface area contributed by atoms with Gasteiger partial charge in [0, 0.05) is 18.7 Å². The van der Waals surface area contributed by atoms with E-state index in [0.717, 1.165) is 24.9 Å². The summed E-state index contributed by atoms with van der Waals surface area (Å²) < 4.78 is 0. The van der Waals surface area contributed by atoms with E-state index in [-0.39, 0.29) is 18.4 Å². The van der Waals surface area contributed by atoms with E-state index in [2.05, 4.69) is 25.2 Å². The largest absolute Gasteiger partial charge is 0.333 e. The van der Waals surface area contributed by atoms with Gasteiger partial charge in [0.25, 0.3) is 0 Å². The number of likely N-dealkylation sites (tertiary alicyclic amines) is 1. The van der Waals surface area contributed by atoms with Crippen molar-refractivity contribution in [1.82, 2.24) is 4.90 Å².